The van der Waals surface area contributed by atoms with Crippen LogP contribution in [0.3, 0.4) is 0 Å². The fraction of sp³-hybridized carbons (Fsp3) is 0.588. The van der Waals surface area contributed by atoms with Gasteiger partial charge in [-0.15, -0.1) is 0 Å². The van der Waals surface area contributed by atoms with Gasteiger partial charge in [-0.05, 0) is 44.4 Å². The van der Waals surface area contributed by atoms with Crippen molar-refractivity contribution in [3.8, 4) is 0 Å². The summed E-state index contributed by atoms with van der Waals surface area (Å²) in [5.74, 6) is 1.22. The third kappa shape index (κ3) is 2.05. The SMILES string of the molecule is CCn1c(C2(CN)CCCCC2)nc2cc(C)ccc21. The summed E-state index contributed by atoms with van der Waals surface area (Å²) in [4.78, 5) is 4.99. The van der Waals surface area contributed by atoms with Gasteiger partial charge in [-0.3, -0.25) is 0 Å². The Morgan fingerprint density at radius 3 is 2.65 bits per heavy atom. The van der Waals surface area contributed by atoms with Crippen molar-refractivity contribution in [2.75, 3.05) is 6.54 Å². The van der Waals surface area contributed by atoms with Gasteiger partial charge in [0.25, 0.3) is 0 Å². The van der Waals surface area contributed by atoms with E-state index in [1.54, 1.807) is 0 Å². The Kier molecular flexibility index (Phi) is 3.55. The van der Waals surface area contributed by atoms with E-state index in [0.717, 1.165) is 18.6 Å². The van der Waals surface area contributed by atoms with Crippen LogP contribution >= 0.6 is 0 Å². The smallest absolute Gasteiger partial charge is 0.117 e. The van der Waals surface area contributed by atoms with E-state index in [0.29, 0.717) is 0 Å². The Labute approximate surface area is 121 Å². The van der Waals surface area contributed by atoms with Gasteiger partial charge < -0.3 is 10.3 Å². The van der Waals surface area contributed by atoms with E-state index in [1.807, 2.05) is 0 Å². The summed E-state index contributed by atoms with van der Waals surface area (Å²) in [6, 6.07) is 6.58. The van der Waals surface area contributed by atoms with Crippen molar-refractivity contribution in [3.05, 3.63) is 29.6 Å². The molecule has 20 heavy (non-hydrogen) atoms. The maximum Gasteiger partial charge on any atom is 0.117 e. The van der Waals surface area contributed by atoms with Crippen molar-refractivity contribution in [1.29, 1.82) is 0 Å². The molecule has 1 aromatic heterocycles. The van der Waals surface area contributed by atoms with E-state index in [-0.39, 0.29) is 5.41 Å². The number of fused-ring (bicyclic) bond motifs is 1. The second-order valence-electron chi connectivity index (χ2n) is 6.22. The highest BCUT2D eigenvalue weighted by atomic mass is 15.1. The van der Waals surface area contributed by atoms with Crippen LogP contribution < -0.4 is 5.73 Å². The van der Waals surface area contributed by atoms with Crippen LogP contribution in [0.15, 0.2) is 18.2 Å². The molecule has 1 aliphatic rings. The molecule has 1 aliphatic carbocycles. The summed E-state index contributed by atoms with van der Waals surface area (Å²) in [7, 11) is 0. The van der Waals surface area contributed by atoms with Gasteiger partial charge in [-0.2, -0.15) is 0 Å². The van der Waals surface area contributed by atoms with Gasteiger partial charge in [-0.1, -0.05) is 25.3 Å². The van der Waals surface area contributed by atoms with E-state index in [4.69, 9.17) is 10.7 Å². The summed E-state index contributed by atoms with van der Waals surface area (Å²) < 4.78 is 2.38. The van der Waals surface area contributed by atoms with Crippen LogP contribution in [0, 0.1) is 6.92 Å². The van der Waals surface area contributed by atoms with Crippen LogP contribution in [-0.2, 0) is 12.0 Å². The molecule has 0 saturated heterocycles. The molecule has 0 amide bonds. The van der Waals surface area contributed by atoms with Gasteiger partial charge in [0, 0.05) is 18.5 Å². The maximum absolute atomic E-state index is 6.19. The Bertz CT molecular complexity index is 606. The monoisotopic (exact) mass is 271 g/mol. The molecule has 3 heteroatoms. The minimum atomic E-state index is 0.0984. The lowest BCUT2D eigenvalue weighted by Gasteiger charge is -2.35. The van der Waals surface area contributed by atoms with Crippen molar-refractivity contribution in [3.63, 3.8) is 0 Å². The Hall–Kier alpha value is -1.35. The zero-order chi connectivity index (χ0) is 14.2. The number of nitrogens with zero attached hydrogens (tertiary/aromatic N) is 2. The molecule has 108 valence electrons. The highest BCUT2D eigenvalue weighted by Crippen LogP contribution is 2.39. The second-order valence-corrected chi connectivity index (χ2v) is 6.22. The maximum atomic E-state index is 6.19. The average Bonchev–Trinajstić information content (AvgIpc) is 2.86. The molecule has 2 aromatic rings. The first-order valence-electron chi connectivity index (χ1n) is 7.87. The number of imidazole rings is 1. The van der Waals surface area contributed by atoms with Gasteiger partial charge >= 0.3 is 0 Å². The Balaban J connectivity index is 2.18. The van der Waals surface area contributed by atoms with Gasteiger partial charge in [0.1, 0.15) is 5.82 Å². The predicted molar refractivity (Wildman–Crippen MR) is 84.0 cm³/mol. The van der Waals surface area contributed by atoms with Gasteiger partial charge in [-0.25, -0.2) is 4.98 Å². The fourth-order valence-corrected chi connectivity index (χ4v) is 3.71. The quantitative estimate of drug-likeness (QED) is 0.928. The van der Waals surface area contributed by atoms with Crippen LogP contribution in [0.1, 0.15) is 50.4 Å². The molecular weight excluding hydrogens is 246 g/mol. The first-order chi connectivity index (χ1) is 9.70. The van der Waals surface area contributed by atoms with Crippen molar-refractivity contribution >= 4 is 11.0 Å². The van der Waals surface area contributed by atoms with Gasteiger partial charge in [0.05, 0.1) is 11.0 Å². The Morgan fingerprint density at radius 2 is 2.00 bits per heavy atom. The van der Waals surface area contributed by atoms with E-state index in [9.17, 15) is 0 Å². The number of hydrogen-bond donors (Lipinski definition) is 1. The molecule has 1 aromatic carbocycles. The van der Waals surface area contributed by atoms with Crippen LogP contribution in [0.2, 0.25) is 0 Å². The fourth-order valence-electron chi connectivity index (χ4n) is 3.71. The zero-order valence-electron chi connectivity index (χ0n) is 12.7. The largest absolute Gasteiger partial charge is 0.329 e. The first kappa shape index (κ1) is 13.6. The summed E-state index contributed by atoms with van der Waals surface area (Å²) in [6.07, 6.45) is 6.27. The second kappa shape index (κ2) is 5.21. The summed E-state index contributed by atoms with van der Waals surface area (Å²) in [6.45, 7) is 6.02. The van der Waals surface area contributed by atoms with Crippen molar-refractivity contribution in [2.45, 2.75) is 57.9 Å². The minimum Gasteiger partial charge on any atom is -0.329 e. The number of hydrogen-bond acceptors (Lipinski definition) is 2. The normalized spacial score (nSPS) is 18.6. The molecule has 1 saturated carbocycles. The van der Waals surface area contributed by atoms with Crippen molar-refractivity contribution in [1.82, 2.24) is 9.55 Å². The summed E-state index contributed by atoms with van der Waals surface area (Å²) in [5, 5.41) is 0. The molecular formula is C17H25N3. The number of benzene rings is 1. The van der Waals surface area contributed by atoms with E-state index >= 15 is 0 Å². The molecule has 0 atom stereocenters. The van der Waals surface area contributed by atoms with Crippen LogP contribution in [0.25, 0.3) is 11.0 Å². The first-order valence-corrected chi connectivity index (χ1v) is 7.87. The zero-order valence-corrected chi connectivity index (χ0v) is 12.7. The third-order valence-electron chi connectivity index (χ3n) is 4.90. The van der Waals surface area contributed by atoms with Crippen molar-refractivity contribution < 1.29 is 0 Å². The molecule has 0 radical (unpaired) electrons. The van der Waals surface area contributed by atoms with E-state index in [1.165, 1.54) is 49.0 Å². The minimum absolute atomic E-state index is 0.0984. The van der Waals surface area contributed by atoms with E-state index in [2.05, 4.69) is 36.6 Å². The lowest BCUT2D eigenvalue weighted by Crippen LogP contribution is -2.39. The topological polar surface area (TPSA) is 43.8 Å². The third-order valence-corrected chi connectivity index (χ3v) is 4.90. The molecule has 0 unspecified atom stereocenters. The number of nitrogens with two attached hydrogens (primary N) is 1. The highest BCUT2D eigenvalue weighted by molar-refractivity contribution is 5.77. The molecule has 2 N–H and O–H groups in total. The molecule has 0 bridgehead atoms. The molecule has 1 fully saturated rings. The lowest BCUT2D eigenvalue weighted by atomic mass is 9.73. The lowest BCUT2D eigenvalue weighted by molar-refractivity contribution is 0.278. The number of aromatic nitrogens is 2. The van der Waals surface area contributed by atoms with Crippen LogP contribution in [-0.4, -0.2) is 16.1 Å². The average molecular weight is 271 g/mol. The van der Waals surface area contributed by atoms with Gasteiger partial charge in [0.15, 0.2) is 0 Å². The summed E-state index contributed by atoms with van der Waals surface area (Å²) in [5.41, 5.74) is 9.95. The number of aryl methyl sites for hydroxylation is 2. The molecule has 0 aliphatic heterocycles. The molecule has 1 heterocycles. The molecule has 3 nitrogen and oxygen atoms in total. The van der Waals surface area contributed by atoms with E-state index < -0.39 is 0 Å². The Morgan fingerprint density at radius 1 is 1.25 bits per heavy atom. The number of rotatable bonds is 3. The molecule has 0 spiro atoms. The summed E-state index contributed by atoms with van der Waals surface area (Å²) >= 11 is 0. The highest BCUT2D eigenvalue weighted by Gasteiger charge is 2.37. The van der Waals surface area contributed by atoms with Crippen LogP contribution in [0.4, 0.5) is 0 Å². The standard InChI is InChI=1S/C17H25N3/c1-3-20-15-8-7-13(2)11-14(15)19-16(20)17(12-18)9-5-4-6-10-17/h7-8,11H,3-6,9-10,12,18H2,1-2H3. The predicted octanol–water partition coefficient (Wildman–Crippen LogP) is 3.53. The molecule has 3 rings (SSSR count). The van der Waals surface area contributed by atoms with Gasteiger partial charge in [0.2, 0.25) is 0 Å². The van der Waals surface area contributed by atoms with Crippen molar-refractivity contribution in [2.24, 2.45) is 5.73 Å². The van der Waals surface area contributed by atoms with Crippen LogP contribution in [0.5, 0.6) is 0 Å².